The Bertz CT molecular complexity index is 429. The molecule has 0 bridgehead atoms. The number of hydrogen-bond acceptors (Lipinski definition) is 2. The fraction of sp³-hybridized carbons (Fsp3) is 0.167. The molecule has 0 aromatic heterocycles. The average Bonchev–Trinajstić information content (AvgIpc) is 2.28. The van der Waals surface area contributed by atoms with Crippen LogP contribution in [0.2, 0.25) is 0 Å². The maximum Gasteiger partial charge on any atom is 0.305 e. The van der Waals surface area contributed by atoms with Crippen LogP contribution in [0, 0.1) is 12.3 Å². The van der Waals surface area contributed by atoms with Gasteiger partial charge in [0.2, 0.25) is 0 Å². The van der Waals surface area contributed by atoms with Crippen molar-refractivity contribution in [1.29, 1.82) is 0 Å². The van der Waals surface area contributed by atoms with Crippen LogP contribution in [0.15, 0.2) is 24.3 Å². The third-order valence-corrected chi connectivity index (χ3v) is 1.92. The van der Waals surface area contributed by atoms with E-state index in [0.717, 1.165) is 0 Å². The molecular weight excluding hydrogens is 206 g/mol. The Morgan fingerprint density at radius 2 is 1.94 bits per heavy atom. The van der Waals surface area contributed by atoms with Crippen molar-refractivity contribution in [3.63, 3.8) is 0 Å². The zero-order chi connectivity index (χ0) is 12.0. The largest absolute Gasteiger partial charge is 0.481 e. The molecule has 0 saturated carbocycles. The molecule has 0 unspecified atom stereocenters. The molecule has 1 radical (unpaired) electrons. The van der Waals surface area contributed by atoms with E-state index in [2.05, 4.69) is 11.2 Å². The summed E-state index contributed by atoms with van der Waals surface area (Å²) in [7, 11) is 0. The van der Waals surface area contributed by atoms with Crippen LogP contribution in [0.4, 0.5) is 0 Å². The number of carbonyl (C=O) groups is 2. The van der Waals surface area contributed by atoms with Crippen LogP contribution in [-0.2, 0) is 4.79 Å². The summed E-state index contributed by atoms with van der Waals surface area (Å²) in [5.74, 6) is 0.920. The van der Waals surface area contributed by atoms with E-state index in [1.54, 1.807) is 24.3 Å². The smallest absolute Gasteiger partial charge is 0.305 e. The van der Waals surface area contributed by atoms with Crippen LogP contribution < -0.4 is 5.32 Å². The molecule has 16 heavy (non-hydrogen) atoms. The van der Waals surface area contributed by atoms with Crippen LogP contribution in [0.3, 0.4) is 0 Å². The molecule has 1 amide bonds. The number of aliphatic carboxylic acids is 1. The van der Waals surface area contributed by atoms with Crippen molar-refractivity contribution in [3.05, 3.63) is 41.8 Å². The van der Waals surface area contributed by atoms with E-state index in [9.17, 15) is 9.59 Å². The minimum atomic E-state index is -0.950. The highest BCUT2D eigenvalue weighted by Gasteiger charge is 2.05. The lowest BCUT2D eigenvalue weighted by Crippen LogP contribution is -2.25. The SMILES string of the molecule is [C]#Cc1ccc(C(=O)NCCC(=O)O)cc1. The second-order valence-electron chi connectivity index (χ2n) is 3.10. The van der Waals surface area contributed by atoms with Crippen molar-refractivity contribution >= 4 is 11.9 Å². The molecule has 0 aliphatic carbocycles. The Morgan fingerprint density at radius 3 is 2.44 bits per heavy atom. The lowest BCUT2D eigenvalue weighted by molar-refractivity contribution is -0.136. The molecule has 0 spiro atoms. The molecule has 1 aromatic rings. The van der Waals surface area contributed by atoms with Crippen molar-refractivity contribution in [2.75, 3.05) is 6.54 Å². The fourth-order valence-electron chi connectivity index (χ4n) is 1.09. The van der Waals surface area contributed by atoms with Crippen molar-refractivity contribution in [3.8, 4) is 5.92 Å². The number of amides is 1. The Labute approximate surface area is 93.3 Å². The number of carbonyl (C=O) groups excluding carboxylic acids is 1. The summed E-state index contributed by atoms with van der Waals surface area (Å²) >= 11 is 0. The van der Waals surface area contributed by atoms with E-state index in [0.29, 0.717) is 11.1 Å². The van der Waals surface area contributed by atoms with Gasteiger partial charge in [-0.25, -0.2) is 0 Å². The van der Waals surface area contributed by atoms with Crippen LogP contribution >= 0.6 is 0 Å². The molecule has 81 valence electrons. The van der Waals surface area contributed by atoms with E-state index < -0.39 is 5.97 Å². The van der Waals surface area contributed by atoms with E-state index in [1.807, 2.05) is 0 Å². The number of hydrogen-bond donors (Lipinski definition) is 2. The van der Waals surface area contributed by atoms with E-state index in [1.165, 1.54) is 0 Å². The molecular formula is C12H10NO3. The summed E-state index contributed by atoms with van der Waals surface area (Å²) in [6.07, 6.45) is 6.76. The molecule has 4 heteroatoms. The maximum absolute atomic E-state index is 11.5. The molecule has 0 saturated heterocycles. The molecule has 1 aromatic carbocycles. The molecule has 1 rings (SSSR count). The summed E-state index contributed by atoms with van der Waals surface area (Å²) in [5, 5.41) is 10.9. The van der Waals surface area contributed by atoms with Gasteiger partial charge in [-0.2, -0.15) is 0 Å². The minimum Gasteiger partial charge on any atom is -0.481 e. The van der Waals surface area contributed by atoms with Gasteiger partial charge in [0.1, 0.15) is 0 Å². The van der Waals surface area contributed by atoms with Crippen LogP contribution in [0.1, 0.15) is 22.3 Å². The number of carboxylic acids is 1. The van der Waals surface area contributed by atoms with Gasteiger partial charge in [0.15, 0.2) is 0 Å². The molecule has 2 N–H and O–H groups in total. The van der Waals surface area contributed by atoms with E-state index in [-0.39, 0.29) is 18.9 Å². The molecule has 0 aliphatic rings. The quantitative estimate of drug-likeness (QED) is 0.732. The Morgan fingerprint density at radius 1 is 1.31 bits per heavy atom. The lowest BCUT2D eigenvalue weighted by Gasteiger charge is -2.03. The second kappa shape index (κ2) is 5.56. The summed E-state index contributed by atoms with van der Waals surface area (Å²) in [6, 6.07) is 6.32. The standard InChI is InChI=1S/C12H10NO3/c1-2-9-3-5-10(6-4-9)12(16)13-8-7-11(14)15/h3-6H,7-8H2,(H,13,16)(H,14,15). The normalized spacial score (nSPS) is 9.19. The highest BCUT2D eigenvalue weighted by Crippen LogP contribution is 2.02. The van der Waals surface area contributed by atoms with Crippen LogP contribution in [0.5, 0.6) is 0 Å². The number of nitrogens with one attached hydrogen (secondary N) is 1. The highest BCUT2D eigenvalue weighted by molar-refractivity contribution is 5.94. The second-order valence-corrected chi connectivity index (χ2v) is 3.10. The summed E-state index contributed by atoms with van der Waals surface area (Å²) in [4.78, 5) is 21.7. The minimum absolute atomic E-state index is 0.0991. The average molecular weight is 216 g/mol. The van der Waals surface area contributed by atoms with Gasteiger partial charge >= 0.3 is 5.97 Å². The molecule has 0 fully saturated rings. The third-order valence-electron chi connectivity index (χ3n) is 1.92. The predicted octanol–water partition coefficient (Wildman–Crippen LogP) is 0.829. The first-order valence-corrected chi connectivity index (χ1v) is 4.66. The van der Waals surface area contributed by atoms with Gasteiger partial charge in [-0.1, -0.05) is 5.92 Å². The highest BCUT2D eigenvalue weighted by atomic mass is 16.4. The lowest BCUT2D eigenvalue weighted by atomic mass is 10.1. The van der Waals surface area contributed by atoms with Gasteiger partial charge in [-0.15, -0.1) is 0 Å². The Hall–Kier alpha value is -2.28. The van der Waals surface area contributed by atoms with E-state index in [4.69, 9.17) is 11.5 Å². The van der Waals surface area contributed by atoms with Gasteiger partial charge in [-0.3, -0.25) is 9.59 Å². The third kappa shape index (κ3) is 3.46. The summed E-state index contributed by atoms with van der Waals surface area (Å²) in [5.41, 5.74) is 1.02. The van der Waals surface area contributed by atoms with Crippen molar-refractivity contribution in [2.24, 2.45) is 0 Å². The molecule has 0 heterocycles. The Kier molecular flexibility index (Phi) is 4.10. The van der Waals surface area contributed by atoms with Gasteiger partial charge in [0.25, 0.3) is 5.91 Å². The zero-order valence-electron chi connectivity index (χ0n) is 8.49. The topological polar surface area (TPSA) is 66.4 Å². The predicted molar refractivity (Wildman–Crippen MR) is 57.3 cm³/mol. The van der Waals surface area contributed by atoms with Crippen LogP contribution in [0.25, 0.3) is 0 Å². The van der Waals surface area contributed by atoms with Crippen molar-refractivity contribution < 1.29 is 14.7 Å². The molecule has 4 nitrogen and oxygen atoms in total. The first-order valence-electron chi connectivity index (χ1n) is 4.66. The summed E-state index contributed by atoms with van der Waals surface area (Å²) in [6.45, 7) is 0.104. The molecule has 0 atom stereocenters. The number of benzene rings is 1. The molecule has 0 aliphatic heterocycles. The number of rotatable bonds is 4. The summed E-state index contributed by atoms with van der Waals surface area (Å²) < 4.78 is 0. The first-order chi connectivity index (χ1) is 7.63. The monoisotopic (exact) mass is 216 g/mol. The number of carboxylic acid groups (broad SMARTS) is 1. The van der Waals surface area contributed by atoms with E-state index >= 15 is 0 Å². The maximum atomic E-state index is 11.5. The zero-order valence-corrected chi connectivity index (χ0v) is 8.49. The van der Waals surface area contributed by atoms with Gasteiger partial charge in [0, 0.05) is 17.7 Å². The van der Waals surface area contributed by atoms with Crippen molar-refractivity contribution in [2.45, 2.75) is 6.42 Å². The fourth-order valence-corrected chi connectivity index (χ4v) is 1.09. The Balaban J connectivity index is 2.53. The van der Waals surface area contributed by atoms with Gasteiger partial charge < -0.3 is 10.4 Å². The van der Waals surface area contributed by atoms with Crippen molar-refractivity contribution in [1.82, 2.24) is 5.32 Å². The van der Waals surface area contributed by atoms with Crippen LogP contribution in [-0.4, -0.2) is 23.5 Å². The van der Waals surface area contributed by atoms with Gasteiger partial charge in [-0.05, 0) is 30.7 Å². The first kappa shape index (κ1) is 11.8. The van der Waals surface area contributed by atoms with Gasteiger partial charge in [0.05, 0.1) is 6.42 Å².